The molecule has 1 aromatic carbocycles. The Morgan fingerprint density at radius 3 is 2.31 bits per heavy atom. The van der Waals surface area contributed by atoms with Gasteiger partial charge in [0.1, 0.15) is 5.82 Å². The van der Waals surface area contributed by atoms with Crippen LogP contribution in [0.15, 0.2) is 24.3 Å². The first-order valence-electron chi connectivity index (χ1n) is 10.3. The number of piperidine rings is 1. The van der Waals surface area contributed by atoms with Gasteiger partial charge in [0.05, 0.1) is 0 Å². The SMILES string of the molecule is Cl.NCC1(CC(=O)N2CCC(NC(=O)Nc3ccc(F)cc3)CC2)CCCCC1. The number of halogens is 2. The number of carbonyl (C=O) groups is 2. The fourth-order valence-corrected chi connectivity index (χ4v) is 4.35. The van der Waals surface area contributed by atoms with Crippen LogP contribution < -0.4 is 16.4 Å². The van der Waals surface area contributed by atoms with Crippen molar-refractivity contribution in [3.63, 3.8) is 0 Å². The Kier molecular flexibility index (Phi) is 8.71. The van der Waals surface area contributed by atoms with Crippen molar-refractivity contribution < 1.29 is 14.0 Å². The molecule has 1 heterocycles. The molecule has 8 heteroatoms. The lowest BCUT2D eigenvalue weighted by Crippen LogP contribution is -2.49. The van der Waals surface area contributed by atoms with E-state index in [0.717, 1.165) is 25.7 Å². The Morgan fingerprint density at radius 1 is 1.10 bits per heavy atom. The highest BCUT2D eigenvalue weighted by Gasteiger charge is 2.35. The van der Waals surface area contributed by atoms with Crippen molar-refractivity contribution in [2.24, 2.45) is 11.1 Å². The third kappa shape index (κ3) is 6.57. The minimum atomic E-state index is -0.340. The van der Waals surface area contributed by atoms with E-state index in [0.29, 0.717) is 31.7 Å². The van der Waals surface area contributed by atoms with Crippen LogP contribution in [0.2, 0.25) is 0 Å². The highest BCUT2D eigenvalue weighted by molar-refractivity contribution is 5.89. The maximum atomic E-state index is 12.9. The lowest BCUT2D eigenvalue weighted by atomic mass is 9.71. The number of benzene rings is 1. The summed E-state index contributed by atoms with van der Waals surface area (Å²) >= 11 is 0. The molecule has 4 N–H and O–H groups in total. The van der Waals surface area contributed by atoms with Crippen LogP contribution in [0.1, 0.15) is 51.4 Å². The number of nitrogens with two attached hydrogens (primary N) is 1. The van der Waals surface area contributed by atoms with E-state index in [1.807, 2.05) is 4.90 Å². The largest absolute Gasteiger partial charge is 0.343 e. The molecule has 6 nitrogen and oxygen atoms in total. The van der Waals surface area contributed by atoms with E-state index in [1.54, 1.807) is 0 Å². The van der Waals surface area contributed by atoms with Gasteiger partial charge >= 0.3 is 6.03 Å². The van der Waals surface area contributed by atoms with Crippen LogP contribution in [-0.2, 0) is 4.79 Å². The van der Waals surface area contributed by atoms with Gasteiger partial charge in [-0.2, -0.15) is 0 Å². The van der Waals surface area contributed by atoms with Gasteiger partial charge in [-0.1, -0.05) is 19.3 Å². The molecule has 0 spiro atoms. The molecule has 0 radical (unpaired) electrons. The predicted molar refractivity (Wildman–Crippen MR) is 115 cm³/mol. The van der Waals surface area contributed by atoms with Crippen molar-refractivity contribution >= 4 is 30.0 Å². The van der Waals surface area contributed by atoms with Gasteiger partial charge in [-0.25, -0.2) is 9.18 Å². The normalized spacial score (nSPS) is 19.2. The number of hydrogen-bond donors (Lipinski definition) is 3. The van der Waals surface area contributed by atoms with E-state index < -0.39 is 0 Å². The average Bonchev–Trinajstić information content (AvgIpc) is 2.71. The second-order valence-electron chi connectivity index (χ2n) is 8.20. The van der Waals surface area contributed by atoms with Crippen LogP contribution in [0.3, 0.4) is 0 Å². The molecule has 3 amide bonds. The summed E-state index contributed by atoms with van der Waals surface area (Å²) in [6.45, 7) is 1.89. The number of carbonyl (C=O) groups excluding carboxylic acids is 2. The zero-order valence-corrected chi connectivity index (χ0v) is 17.6. The van der Waals surface area contributed by atoms with E-state index >= 15 is 0 Å². The summed E-state index contributed by atoms with van der Waals surface area (Å²) in [4.78, 5) is 26.8. The lowest BCUT2D eigenvalue weighted by molar-refractivity contribution is -0.135. The van der Waals surface area contributed by atoms with Crippen molar-refractivity contribution in [3.8, 4) is 0 Å². The van der Waals surface area contributed by atoms with Gasteiger partial charge in [-0.05, 0) is 61.9 Å². The highest BCUT2D eigenvalue weighted by Crippen LogP contribution is 2.39. The summed E-state index contributed by atoms with van der Waals surface area (Å²) in [5.74, 6) is -0.144. The van der Waals surface area contributed by atoms with Crippen molar-refractivity contribution in [1.29, 1.82) is 0 Å². The summed E-state index contributed by atoms with van der Waals surface area (Å²) in [5.41, 5.74) is 6.55. The van der Waals surface area contributed by atoms with Gasteiger partial charge in [0.15, 0.2) is 0 Å². The van der Waals surface area contributed by atoms with Crippen LogP contribution in [0.4, 0.5) is 14.9 Å². The molecule has 2 fully saturated rings. The Bertz CT molecular complexity index is 672. The third-order valence-electron chi connectivity index (χ3n) is 6.16. The number of hydrogen-bond acceptors (Lipinski definition) is 3. The molecule has 1 saturated heterocycles. The Morgan fingerprint density at radius 2 is 1.72 bits per heavy atom. The van der Waals surface area contributed by atoms with E-state index in [1.165, 1.54) is 43.5 Å². The second kappa shape index (κ2) is 10.8. The van der Waals surface area contributed by atoms with Crippen LogP contribution in [0.5, 0.6) is 0 Å². The summed E-state index contributed by atoms with van der Waals surface area (Å²) in [7, 11) is 0. The zero-order chi connectivity index (χ0) is 20.0. The molecule has 3 rings (SSSR count). The predicted octanol–water partition coefficient (Wildman–Crippen LogP) is 3.66. The Labute approximate surface area is 178 Å². The molecule has 0 aromatic heterocycles. The summed E-state index contributed by atoms with van der Waals surface area (Å²) in [5, 5.41) is 5.65. The number of nitrogens with zero attached hydrogens (tertiary/aromatic N) is 1. The van der Waals surface area contributed by atoms with Crippen LogP contribution in [0.25, 0.3) is 0 Å². The van der Waals surface area contributed by atoms with Gasteiger partial charge in [0.2, 0.25) is 5.91 Å². The van der Waals surface area contributed by atoms with Crippen LogP contribution in [-0.4, -0.2) is 42.5 Å². The Balaban J connectivity index is 0.00000300. The zero-order valence-electron chi connectivity index (χ0n) is 16.8. The van der Waals surface area contributed by atoms with Gasteiger partial charge in [-0.3, -0.25) is 4.79 Å². The first-order valence-corrected chi connectivity index (χ1v) is 10.3. The van der Waals surface area contributed by atoms with Gasteiger partial charge in [-0.15, -0.1) is 12.4 Å². The van der Waals surface area contributed by atoms with Crippen molar-refractivity contribution in [3.05, 3.63) is 30.1 Å². The van der Waals surface area contributed by atoms with E-state index in [-0.39, 0.29) is 41.6 Å². The fraction of sp³-hybridized carbons (Fsp3) is 0.619. The van der Waals surface area contributed by atoms with Crippen molar-refractivity contribution in [2.75, 3.05) is 25.0 Å². The molecule has 162 valence electrons. The molecule has 1 saturated carbocycles. The third-order valence-corrected chi connectivity index (χ3v) is 6.16. The van der Waals surface area contributed by atoms with Crippen LogP contribution >= 0.6 is 12.4 Å². The highest BCUT2D eigenvalue weighted by atomic mass is 35.5. The summed E-state index contributed by atoms with van der Waals surface area (Å²) in [6, 6.07) is 5.38. The Hall–Kier alpha value is -1.86. The number of rotatable bonds is 5. The van der Waals surface area contributed by atoms with E-state index in [4.69, 9.17) is 5.73 Å². The first kappa shape index (κ1) is 23.4. The first-order chi connectivity index (χ1) is 13.5. The van der Waals surface area contributed by atoms with Crippen molar-refractivity contribution in [2.45, 2.75) is 57.4 Å². The average molecular weight is 427 g/mol. The molecular weight excluding hydrogens is 395 g/mol. The molecule has 1 aromatic rings. The standard InChI is InChI=1S/C21H31FN4O2.ClH/c22-16-4-6-17(7-5-16)24-20(28)25-18-8-12-26(13-9-18)19(27)14-21(15-23)10-2-1-3-11-21;/h4-7,18H,1-3,8-15,23H2,(H2,24,25,28);1H. The van der Waals surface area contributed by atoms with Crippen molar-refractivity contribution in [1.82, 2.24) is 10.2 Å². The molecular formula is C21H32ClFN4O2. The lowest BCUT2D eigenvalue weighted by Gasteiger charge is -2.39. The number of amides is 3. The number of anilines is 1. The fourth-order valence-electron chi connectivity index (χ4n) is 4.35. The number of urea groups is 1. The minimum absolute atomic E-state index is 0. The van der Waals surface area contributed by atoms with Gasteiger partial charge < -0.3 is 21.3 Å². The number of likely N-dealkylation sites (tertiary alicyclic amines) is 1. The van der Waals surface area contributed by atoms with Gasteiger partial charge in [0, 0.05) is 31.2 Å². The van der Waals surface area contributed by atoms with Gasteiger partial charge in [0.25, 0.3) is 0 Å². The molecule has 2 aliphatic rings. The maximum absolute atomic E-state index is 12.9. The number of nitrogens with one attached hydrogen (secondary N) is 2. The smallest absolute Gasteiger partial charge is 0.319 e. The quantitative estimate of drug-likeness (QED) is 0.671. The maximum Gasteiger partial charge on any atom is 0.319 e. The molecule has 0 bridgehead atoms. The molecule has 1 aliphatic carbocycles. The summed E-state index contributed by atoms with van der Waals surface area (Å²) in [6.07, 6.45) is 7.70. The minimum Gasteiger partial charge on any atom is -0.343 e. The molecule has 1 aliphatic heterocycles. The molecule has 0 atom stereocenters. The molecule has 0 unspecified atom stereocenters. The van der Waals surface area contributed by atoms with Crippen LogP contribution in [0, 0.1) is 11.2 Å². The molecule has 29 heavy (non-hydrogen) atoms. The topological polar surface area (TPSA) is 87.5 Å². The van der Waals surface area contributed by atoms with E-state index in [9.17, 15) is 14.0 Å². The van der Waals surface area contributed by atoms with E-state index in [2.05, 4.69) is 10.6 Å². The second-order valence-corrected chi connectivity index (χ2v) is 8.20. The summed E-state index contributed by atoms with van der Waals surface area (Å²) < 4.78 is 12.9. The monoisotopic (exact) mass is 426 g/mol.